The minimum Gasteiger partial charge on any atom is -0.346 e. The van der Waals surface area contributed by atoms with Crippen molar-refractivity contribution in [2.75, 3.05) is 13.0 Å². The van der Waals surface area contributed by atoms with E-state index < -0.39 is 49.2 Å². The maximum atomic E-state index is 14.5. The van der Waals surface area contributed by atoms with Crippen LogP contribution in [0.1, 0.15) is 61.2 Å². The van der Waals surface area contributed by atoms with Gasteiger partial charge in [0.15, 0.2) is 0 Å². The van der Waals surface area contributed by atoms with Crippen LogP contribution in [0.25, 0.3) is 11.3 Å². The van der Waals surface area contributed by atoms with E-state index in [1.54, 1.807) is 0 Å². The molecule has 0 unspecified atom stereocenters. The van der Waals surface area contributed by atoms with Gasteiger partial charge < -0.3 is 10.2 Å². The Bertz CT molecular complexity index is 1520. The fourth-order valence-corrected chi connectivity index (χ4v) is 3.73. The summed E-state index contributed by atoms with van der Waals surface area (Å²) in [5, 5.41) is 2.63. The number of amides is 2. The predicted molar refractivity (Wildman–Crippen MR) is 115 cm³/mol. The lowest BCUT2D eigenvalue weighted by atomic mass is 9.96. The highest BCUT2D eigenvalue weighted by Crippen LogP contribution is 2.30. The number of hydrogen-bond donors (Lipinski definition) is 1. The van der Waals surface area contributed by atoms with Crippen LogP contribution in [0.5, 0.6) is 0 Å². The van der Waals surface area contributed by atoms with Gasteiger partial charge in [-0.05, 0) is 60.6 Å². The molecule has 1 fully saturated rings. The molecule has 0 radical (unpaired) electrons. The van der Waals surface area contributed by atoms with Crippen LogP contribution in [0.2, 0.25) is 0 Å². The number of benzene rings is 2. The van der Waals surface area contributed by atoms with E-state index >= 15 is 0 Å². The summed E-state index contributed by atoms with van der Waals surface area (Å²) in [6, 6.07) is 10.2. The van der Waals surface area contributed by atoms with Crippen molar-refractivity contribution >= 4 is 11.8 Å². The summed E-state index contributed by atoms with van der Waals surface area (Å²) in [5.41, 5.74) is 0.929. The lowest BCUT2D eigenvalue weighted by Crippen LogP contribution is -2.27. The summed E-state index contributed by atoms with van der Waals surface area (Å²) in [6.45, 7) is -6.54. The molecule has 0 spiro atoms. The number of nitrogens with zero attached hydrogens (tertiary/aromatic N) is 2. The monoisotopic (exact) mass is 441 g/mol. The van der Waals surface area contributed by atoms with Crippen molar-refractivity contribution in [2.45, 2.75) is 25.7 Å². The van der Waals surface area contributed by atoms with Crippen LogP contribution in [0.4, 0.5) is 8.78 Å². The van der Waals surface area contributed by atoms with E-state index in [4.69, 9.17) is 11.0 Å². The molecule has 2 aliphatic heterocycles. The lowest BCUT2D eigenvalue weighted by Gasteiger charge is -2.15. The molecular weight excluding hydrogens is 412 g/mol. The van der Waals surface area contributed by atoms with Crippen molar-refractivity contribution in [3.8, 4) is 11.3 Å². The van der Waals surface area contributed by atoms with E-state index in [1.165, 1.54) is 36.4 Å². The molecule has 162 valence electrons. The predicted octanol–water partition coefficient (Wildman–Crippen LogP) is 4.10. The van der Waals surface area contributed by atoms with Gasteiger partial charge in [-0.2, -0.15) is 0 Å². The summed E-state index contributed by atoms with van der Waals surface area (Å²) >= 11 is 0. The zero-order valence-corrected chi connectivity index (χ0v) is 16.5. The van der Waals surface area contributed by atoms with Gasteiger partial charge in [0.25, 0.3) is 11.8 Å². The Hall–Kier alpha value is -3.61. The van der Waals surface area contributed by atoms with E-state index in [2.05, 4.69) is 10.3 Å². The summed E-state index contributed by atoms with van der Waals surface area (Å²) in [7, 11) is 0. The first kappa shape index (κ1) is 13.1. The van der Waals surface area contributed by atoms with Crippen molar-refractivity contribution in [2.24, 2.45) is 0 Å². The number of carbonyl (C=O) groups is 2. The third-order valence-electron chi connectivity index (χ3n) is 5.23. The third kappa shape index (κ3) is 3.64. The minimum absolute atomic E-state index is 0.00492. The van der Waals surface area contributed by atoms with Gasteiger partial charge in [-0.1, -0.05) is 18.2 Å². The standard InChI is InChI=1S/C25H21F2N3O2/c26-18-4-3-5-19(27)23(18)20-13-17(22-21(29-20)14-28-24(22)31)12-15-6-8-16(9-7-15)25(32)30-10-1-2-11-30/h3-9,13H,1-2,10-12,14H2,(H,28,31)/i1D2,2D2,10D2,11D2. The van der Waals surface area contributed by atoms with Gasteiger partial charge in [-0.25, -0.2) is 13.8 Å². The molecule has 1 saturated heterocycles. The molecule has 5 rings (SSSR count). The van der Waals surface area contributed by atoms with Crippen LogP contribution >= 0.6 is 0 Å². The number of pyridine rings is 1. The number of rotatable bonds is 4. The van der Waals surface area contributed by atoms with Gasteiger partial charge in [0, 0.05) is 29.5 Å². The fraction of sp³-hybridized carbons (Fsp3) is 0.240. The summed E-state index contributed by atoms with van der Waals surface area (Å²) in [6.07, 6.45) is -6.63. The smallest absolute Gasteiger partial charge is 0.253 e. The Labute approximate surface area is 195 Å². The average Bonchev–Trinajstić information content (AvgIpc) is 3.27. The first-order chi connectivity index (χ1) is 18.5. The Morgan fingerprint density at radius 2 is 1.75 bits per heavy atom. The Morgan fingerprint density at radius 1 is 1.06 bits per heavy atom. The highest BCUT2D eigenvalue weighted by molar-refractivity contribution is 5.99. The number of nitrogens with one attached hydrogen (secondary N) is 1. The van der Waals surface area contributed by atoms with Gasteiger partial charge in [0.05, 0.1) is 29.1 Å². The van der Waals surface area contributed by atoms with Crippen LogP contribution in [-0.2, 0) is 13.0 Å². The molecule has 5 nitrogen and oxygen atoms in total. The normalized spacial score (nSPS) is 25.1. The number of hydrogen-bond acceptors (Lipinski definition) is 3. The third-order valence-corrected chi connectivity index (χ3v) is 5.23. The van der Waals surface area contributed by atoms with Crippen molar-refractivity contribution in [1.29, 1.82) is 0 Å². The molecular formula is C25H21F2N3O2. The van der Waals surface area contributed by atoms with E-state index in [1.807, 2.05) is 0 Å². The van der Waals surface area contributed by atoms with E-state index in [-0.39, 0.29) is 40.2 Å². The highest BCUT2D eigenvalue weighted by Gasteiger charge is 2.27. The van der Waals surface area contributed by atoms with Crippen molar-refractivity contribution in [3.63, 3.8) is 0 Å². The van der Waals surface area contributed by atoms with E-state index in [0.717, 1.165) is 12.1 Å². The SMILES string of the molecule is [2H]C1([2H])N(C(=O)c2ccc(Cc3cc(-c4c(F)cccc4F)nc4c3C(=O)NC4)cc2)C([2H])([2H])C([2H])([2H])C1([2H])[2H]. The minimum atomic E-state index is -3.35. The molecule has 3 aromatic rings. The van der Waals surface area contributed by atoms with Gasteiger partial charge in [-0.15, -0.1) is 0 Å². The zero-order valence-electron chi connectivity index (χ0n) is 24.5. The van der Waals surface area contributed by atoms with Crippen LogP contribution in [-0.4, -0.2) is 34.7 Å². The molecule has 0 bridgehead atoms. The van der Waals surface area contributed by atoms with Crippen LogP contribution < -0.4 is 5.32 Å². The second kappa shape index (κ2) is 8.15. The first-order valence-corrected chi connectivity index (χ1v) is 9.71. The van der Waals surface area contributed by atoms with Gasteiger partial charge in [0.1, 0.15) is 11.6 Å². The molecule has 3 heterocycles. The molecule has 1 aromatic heterocycles. The second-order valence-electron chi connectivity index (χ2n) is 7.26. The maximum absolute atomic E-state index is 14.5. The van der Waals surface area contributed by atoms with Gasteiger partial charge in [0.2, 0.25) is 0 Å². The van der Waals surface area contributed by atoms with E-state index in [0.29, 0.717) is 16.8 Å². The van der Waals surface area contributed by atoms with Crippen molar-refractivity contribution in [3.05, 3.63) is 88.1 Å². The topological polar surface area (TPSA) is 62.3 Å². The summed E-state index contributed by atoms with van der Waals surface area (Å²) in [4.78, 5) is 29.9. The summed E-state index contributed by atoms with van der Waals surface area (Å²) in [5.74, 6) is -3.32. The molecule has 32 heavy (non-hydrogen) atoms. The fourth-order valence-electron chi connectivity index (χ4n) is 3.73. The average molecular weight is 442 g/mol. The largest absolute Gasteiger partial charge is 0.346 e. The van der Waals surface area contributed by atoms with Gasteiger partial charge >= 0.3 is 0 Å². The number of carbonyl (C=O) groups excluding carboxylic acids is 2. The molecule has 2 aliphatic rings. The maximum Gasteiger partial charge on any atom is 0.253 e. The van der Waals surface area contributed by atoms with Crippen molar-refractivity contribution < 1.29 is 29.3 Å². The highest BCUT2D eigenvalue weighted by atomic mass is 19.1. The number of fused-ring (bicyclic) bond motifs is 1. The molecule has 7 heteroatoms. The molecule has 0 aliphatic carbocycles. The lowest BCUT2D eigenvalue weighted by molar-refractivity contribution is 0.0792. The van der Waals surface area contributed by atoms with Gasteiger partial charge in [-0.3, -0.25) is 9.59 Å². The van der Waals surface area contributed by atoms with Crippen LogP contribution in [0.3, 0.4) is 0 Å². The molecule has 0 atom stereocenters. The summed E-state index contributed by atoms with van der Waals surface area (Å²) < 4.78 is 92.7. The molecule has 1 N–H and O–H groups in total. The number of halogens is 2. The van der Waals surface area contributed by atoms with Crippen molar-refractivity contribution in [1.82, 2.24) is 15.2 Å². The Kier molecular flexibility index (Phi) is 3.32. The quantitative estimate of drug-likeness (QED) is 0.663. The van der Waals surface area contributed by atoms with Crippen LogP contribution in [0, 0.1) is 11.6 Å². The molecule has 0 saturated carbocycles. The number of aromatic nitrogens is 1. The van der Waals surface area contributed by atoms with Crippen LogP contribution in [0.15, 0.2) is 48.5 Å². The Balaban J connectivity index is 1.49. The molecule has 2 aromatic carbocycles. The number of likely N-dealkylation sites (tertiary alicyclic amines) is 1. The molecule has 2 amide bonds. The zero-order chi connectivity index (χ0) is 29.4. The second-order valence-corrected chi connectivity index (χ2v) is 7.26. The first-order valence-electron chi connectivity index (χ1n) is 13.7. The van der Waals surface area contributed by atoms with E-state index in [9.17, 15) is 18.4 Å². The Morgan fingerprint density at radius 3 is 2.44 bits per heavy atom.